The summed E-state index contributed by atoms with van der Waals surface area (Å²) in [6.07, 6.45) is 5.19. The summed E-state index contributed by atoms with van der Waals surface area (Å²) in [6, 6.07) is 8.19. The van der Waals surface area contributed by atoms with Gasteiger partial charge in [0.05, 0.1) is 7.11 Å². The van der Waals surface area contributed by atoms with Crippen LogP contribution in [-0.4, -0.2) is 63.1 Å². The molecule has 1 aliphatic rings. The Bertz CT molecular complexity index is 501. The molecule has 1 fully saturated rings. The molecule has 0 radical (unpaired) electrons. The van der Waals surface area contributed by atoms with Gasteiger partial charge in [-0.05, 0) is 63.0 Å². The number of hydrogen-bond donors (Lipinski definition) is 1. The maximum atomic E-state index is 5.20. The summed E-state index contributed by atoms with van der Waals surface area (Å²) in [6.45, 7) is 5.63. The molecule has 1 saturated heterocycles. The number of aliphatic imine (C=N–C) groups is 1. The molecule has 0 bridgehead atoms. The summed E-state index contributed by atoms with van der Waals surface area (Å²) in [7, 11) is 5.61. The standard InChI is InChI=1S/C19H32N4O.HI/c1-20-19(21-12-4-5-13-23-14-6-7-15-23)22(2)16-17-8-10-18(24-3)11-9-17;/h8-11H,4-7,12-16H2,1-3H3,(H,20,21);1H. The highest BCUT2D eigenvalue weighted by Gasteiger charge is 2.10. The molecule has 2 rings (SSSR count). The van der Waals surface area contributed by atoms with Gasteiger partial charge in [-0.15, -0.1) is 24.0 Å². The first-order valence-electron chi connectivity index (χ1n) is 9.00. The minimum absolute atomic E-state index is 0. The van der Waals surface area contributed by atoms with Gasteiger partial charge in [0.15, 0.2) is 5.96 Å². The van der Waals surface area contributed by atoms with Gasteiger partial charge in [0.2, 0.25) is 0 Å². The molecule has 0 aliphatic carbocycles. The third-order valence-electron chi connectivity index (χ3n) is 4.54. The van der Waals surface area contributed by atoms with Crippen LogP contribution in [0.25, 0.3) is 0 Å². The third kappa shape index (κ3) is 7.81. The van der Waals surface area contributed by atoms with Crippen molar-refractivity contribution in [2.75, 3.05) is 47.4 Å². The second-order valence-electron chi connectivity index (χ2n) is 6.43. The van der Waals surface area contributed by atoms with Crippen LogP contribution in [0.15, 0.2) is 29.3 Å². The van der Waals surface area contributed by atoms with E-state index in [0.29, 0.717) is 0 Å². The molecule has 6 heteroatoms. The molecule has 1 N–H and O–H groups in total. The molecular weight excluding hydrogens is 427 g/mol. The normalized spacial score (nSPS) is 14.9. The lowest BCUT2D eigenvalue weighted by atomic mass is 10.2. The molecule has 1 aliphatic heterocycles. The summed E-state index contributed by atoms with van der Waals surface area (Å²) in [5.41, 5.74) is 1.25. The molecular formula is C19H33IN4O. The van der Waals surface area contributed by atoms with Crippen LogP contribution >= 0.6 is 24.0 Å². The predicted molar refractivity (Wildman–Crippen MR) is 116 cm³/mol. The van der Waals surface area contributed by atoms with Crippen molar-refractivity contribution in [1.29, 1.82) is 0 Å². The summed E-state index contributed by atoms with van der Waals surface area (Å²) >= 11 is 0. The molecule has 1 aromatic carbocycles. The molecule has 0 atom stereocenters. The fraction of sp³-hybridized carbons (Fsp3) is 0.632. The van der Waals surface area contributed by atoms with E-state index in [1.165, 1.54) is 50.9 Å². The fourth-order valence-electron chi connectivity index (χ4n) is 3.13. The third-order valence-corrected chi connectivity index (χ3v) is 4.54. The van der Waals surface area contributed by atoms with Crippen molar-refractivity contribution in [3.8, 4) is 5.75 Å². The molecule has 0 unspecified atom stereocenters. The number of rotatable bonds is 8. The summed E-state index contributed by atoms with van der Waals surface area (Å²) < 4.78 is 5.20. The molecule has 0 amide bonds. The number of benzene rings is 1. The summed E-state index contributed by atoms with van der Waals surface area (Å²) in [4.78, 5) is 9.12. The van der Waals surface area contributed by atoms with Crippen molar-refractivity contribution in [3.63, 3.8) is 0 Å². The van der Waals surface area contributed by atoms with Gasteiger partial charge in [0.1, 0.15) is 5.75 Å². The number of hydrogen-bond acceptors (Lipinski definition) is 3. The molecule has 1 heterocycles. The van der Waals surface area contributed by atoms with E-state index in [1.54, 1.807) is 7.11 Å². The number of methoxy groups -OCH3 is 1. The first kappa shape index (κ1) is 22.0. The van der Waals surface area contributed by atoms with E-state index in [1.807, 2.05) is 19.2 Å². The van der Waals surface area contributed by atoms with E-state index in [0.717, 1.165) is 24.8 Å². The molecule has 1 aromatic rings. The van der Waals surface area contributed by atoms with Crippen LogP contribution in [0.3, 0.4) is 0 Å². The lowest BCUT2D eigenvalue weighted by Crippen LogP contribution is -2.39. The Morgan fingerprint density at radius 1 is 1.20 bits per heavy atom. The number of nitrogens with one attached hydrogen (secondary N) is 1. The minimum Gasteiger partial charge on any atom is -0.497 e. The lowest BCUT2D eigenvalue weighted by molar-refractivity contribution is 0.330. The van der Waals surface area contributed by atoms with E-state index >= 15 is 0 Å². The highest BCUT2D eigenvalue weighted by atomic mass is 127. The lowest BCUT2D eigenvalue weighted by Gasteiger charge is -2.22. The number of guanidine groups is 1. The Labute approximate surface area is 169 Å². The van der Waals surface area contributed by atoms with Crippen molar-refractivity contribution >= 4 is 29.9 Å². The minimum atomic E-state index is 0. The van der Waals surface area contributed by atoms with Crippen molar-refractivity contribution < 1.29 is 4.74 Å². The van der Waals surface area contributed by atoms with Gasteiger partial charge in [0, 0.05) is 27.2 Å². The average Bonchev–Trinajstić information content (AvgIpc) is 3.12. The predicted octanol–water partition coefficient (Wildman–Crippen LogP) is 3.20. The van der Waals surface area contributed by atoms with Crippen molar-refractivity contribution in [2.24, 2.45) is 4.99 Å². The zero-order valence-electron chi connectivity index (χ0n) is 15.8. The Hall–Kier alpha value is -1.02. The van der Waals surface area contributed by atoms with Gasteiger partial charge in [-0.1, -0.05) is 12.1 Å². The number of ether oxygens (including phenoxy) is 1. The topological polar surface area (TPSA) is 40.1 Å². The largest absolute Gasteiger partial charge is 0.497 e. The van der Waals surface area contributed by atoms with E-state index in [-0.39, 0.29) is 24.0 Å². The zero-order chi connectivity index (χ0) is 17.2. The molecule has 0 saturated carbocycles. The van der Waals surface area contributed by atoms with Crippen LogP contribution < -0.4 is 10.1 Å². The average molecular weight is 460 g/mol. The van der Waals surface area contributed by atoms with Gasteiger partial charge in [-0.2, -0.15) is 0 Å². The molecule has 5 nitrogen and oxygen atoms in total. The Morgan fingerprint density at radius 2 is 1.88 bits per heavy atom. The van der Waals surface area contributed by atoms with Gasteiger partial charge >= 0.3 is 0 Å². The molecule has 0 spiro atoms. The molecule has 25 heavy (non-hydrogen) atoms. The van der Waals surface area contributed by atoms with E-state index < -0.39 is 0 Å². The smallest absolute Gasteiger partial charge is 0.193 e. The van der Waals surface area contributed by atoms with Crippen LogP contribution in [0.5, 0.6) is 5.75 Å². The van der Waals surface area contributed by atoms with Crippen LogP contribution in [0.1, 0.15) is 31.2 Å². The van der Waals surface area contributed by atoms with Crippen LogP contribution in [0.4, 0.5) is 0 Å². The van der Waals surface area contributed by atoms with Gasteiger partial charge in [0.25, 0.3) is 0 Å². The Balaban J connectivity index is 0.00000312. The highest BCUT2D eigenvalue weighted by Crippen LogP contribution is 2.12. The second-order valence-corrected chi connectivity index (χ2v) is 6.43. The second kappa shape index (κ2) is 12.4. The number of likely N-dealkylation sites (tertiary alicyclic amines) is 1. The Morgan fingerprint density at radius 3 is 2.48 bits per heavy atom. The zero-order valence-corrected chi connectivity index (χ0v) is 18.2. The SMILES string of the molecule is CN=C(NCCCCN1CCCC1)N(C)Cc1ccc(OC)cc1.I. The summed E-state index contributed by atoms with van der Waals surface area (Å²) in [5, 5.41) is 3.47. The first-order valence-corrected chi connectivity index (χ1v) is 9.00. The molecule has 142 valence electrons. The van der Waals surface area contributed by atoms with Gasteiger partial charge in [-0.3, -0.25) is 4.99 Å². The van der Waals surface area contributed by atoms with E-state index in [9.17, 15) is 0 Å². The fourth-order valence-corrected chi connectivity index (χ4v) is 3.13. The Kier molecular flexibility index (Phi) is 10.9. The van der Waals surface area contributed by atoms with Gasteiger partial charge in [-0.25, -0.2) is 0 Å². The van der Waals surface area contributed by atoms with Crippen molar-refractivity contribution in [3.05, 3.63) is 29.8 Å². The number of nitrogens with zero attached hydrogens (tertiary/aromatic N) is 3. The number of unbranched alkanes of at least 4 members (excludes halogenated alkanes) is 1. The summed E-state index contributed by atoms with van der Waals surface area (Å²) in [5.74, 6) is 1.84. The van der Waals surface area contributed by atoms with Crippen LogP contribution in [0, 0.1) is 0 Å². The molecule has 0 aromatic heterocycles. The maximum absolute atomic E-state index is 5.20. The number of halogens is 1. The van der Waals surface area contributed by atoms with Gasteiger partial charge < -0.3 is 19.9 Å². The quantitative estimate of drug-likeness (QED) is 0.280. The maximum Gasteiger partial charge on any atom is 0.193 e. The first-order chi connectivity index (χ1) is 11.7. The van der Waals surface area contributed by atoms with Crippen molar-refractivity contribution in [1.82, 2.24) is 15.1 Å². The van der Waals surface area contributed by atoms with E-state index in [2.05, 4.69) is 39.3 Å². The van der Waals surface area contributed by atoms with E-state index in [4.69, 9.17) is 4.74 Å². The highest BCUT2D eigenvalue weighted by molar-refractivity contribution is 14.0. The monoisotopic (exact) mass is 460 g/mol. The van der Waals surface area contributed by atoms with Crippen molar-refractivity contribution in [2.45, 2.75) is 32.2 Å². The van der Waals surface area contributed by atoms with Crippen LogP contribution in [0.2, 0.25) is 0 Å². The van der Waals surface area contributed by atoms with Crippen LogP contribution in [-0.2, 0) is 6.54 Å².